The average Bonchev–Trinajstić information content (AvgIpc) is 3.02. The SMILES string of the molecule is C=CC(=O)OC(COCc1ccc(COC(SCC2CSCCS2)C(C)OC(=O)C=C)cc1)CSCC1CSCCS1. The third-order valence-electron chi connectivity index (χ3n) is 6.13. The van der Waals surface area contributed by atoms with Gasteiger partial charge in [-0.05, 0) is 18.1 Å². The van der Waals surface area contributed by atoms with E-state index in [1.807, 2.05) is 90.0 Å². The molecule has 0 amide bonds. The Balaban J connectivity index is 1.44. The van der Waals surface area contributed by atoms with Crippen molar-refractivity contribution in [3.05, 3.63) is 60.7 Å². The van der Waals surface area contributed by atoms with Gasteiger partial charge in [-0.3, -0.25) is 0 Å². The molecular weight excluding hydrogens is 649 g/mol. The quantitative estimate of drug-likeness (QED) is 0.0914. The number of rotatable bonds is 19. The Morgan fingerprint density at radius 3 is 2.10 bits per heavy atom. The predicted octanol–water partition coefficient (Wildman–Crippen LogP) is 6.43. The number of carbonyl (C=O) groups excluding carboxylic acids is 2. The van der Waals surface area contributed by atoms with Crippen LogP contribution in [-0.2, 0) is 41.8 Å². The summed E-state index contributed by atoms with van der Waals surface area (Å²) < 4.78 is 23.2. The van der Waals surface area contributed by atoms with Gasteiger partial charge in [0.05, 0.1) is 19.8 Å². The summed E-state index contributed by atoms with van der Waals surface area (Å²) in [7, 11) is 0. The number of ether oxygens (including phenoxy) is 4. The Morgan fingerprint density at radius 2 is 1.50 bits per heavy atom. The molecule has 0 N–H and O–H groups in total. The molecule has 5 atom stereocenters. The molecule has 2 saturated heterocycles. The number of hydrogen-bond acceptors (Lipinski definition) is 12. The van der Waals surface area contributed by atoms with Crippen LogP contribution in [0.5, 0.6) is 0 Å². The molecule has 2 heterocycles. The van der Waals surface area contributed by atoms with Gasteiger partial charge in [0.25, 0.3) is 0 Å². The molecule has 0 radical (unpaired) electrons. The molecule has 42 heavy (non-hydrogen) atoms. The van der Waals surface area contributed by atoms with Crippen LogP contribution >= 0.6 is 70.6 Å². The molecule has 3 rings (SSSR count). The summed E-state index contributed by atoms with van der Waals surface area (Å²) in [6.45, 7) is 10.1. The summed E-state index contributed by atoms with van der Waals surface area (Å²) in [6, 6.07) is 8.10. The second-order valence-corrected chi connectivity index (χ2v) is 16.9. The fraction of sp³-hybridized carbons (Fsp3) is 0.600. The van der Waals surface area contributed by atoms with Crippen LogP contribution in [0.4, 0.5) is 0 Å². The first-order valence-electron chi connectivity index (χ1n) is 14.0. The van der Waals surface area contributed by atoms with Crippen LogP contribution in [0.15, 0.2) is 49.6 Å². The molecule has 2 aliphatic heterocycles. The van der Waals surface area contributed by atoms with E-state index < -0.39 is 18.0 Å². The van der Waals surface area contributed by atoms with Crippen molar-refractivity contribution < 1.29 is 28.5 Å². The van der Waals surface area contributed by atoms with E-state index in [4.69, 9.17) is 18.9 Å². The second kappa shape index (κ2) is 21.4. The summed E-state index contributed by atoms with van der Waals surface area (Å²) in [6.07, 6.45) is 1.68. The lowest BCUT2D eigenvalue weighted by molar-refractivity contribution is -0.146. The van der Waals surface area contributed by atoms with E-state index >= 15 is 0 Å². The van der Waals surface area contributed by atoms with Gasteiger partial charge < -0.3 is 18.9 Å². The number of hydrogen-bond donors (Lipinski definition) is 0. The summed E-state index contributed by atoms with van der Waals surface area (Å²) in [4.78, 5) is 23.6. The molecule has 0 spiro atoms. The maximum atomic E-state index is 11.8. The highest BCUT2D eigenvalue weighted by molar-refractivity contribution is 8.08. The molecule has 234 valence electrons. The summed E-state index contributed by atoms with van der Waals surface area (Å²) >= 11 is 11.6. The van der Waals surface area contributed by atoms with Crippen LogP contribution in [0.25, 0.3) is 0 Å². The zero-order valence-electron chi connectivity index (χ0n) is 24.1. The van der Waals surface area contributed by atoms with Gasteiger partial charge in [-0.25, -0.2) is 9.59 Å². The molecular formula is C30H42O6S6. The first-order valence-corrected chi connectivity index (χ1v) is 20.6. The highest BCUT2D eigenvalue weighted by Crippen LogP contribution is 2.30. The van der Waals surface area contributed by atoms with Crippen molar-refractivity contribution in [2.75, 3.05) is 58.4 Å². The third-order valence-corrected chi connectivity index (χ3v) is 14.9. The maximum absolute atomic E-state index is 11.8. The number of thioether (sulfide) groups is 6. The second-order valence-electron chi connectivity index (χ2n) is 9.63. The van der Waals surface area contributed by atoms with Crippen LogP contribution in [0.2, 0.25) is 0 Å². The highest BCUT2D eigenvalue weighted by Gasteiger charge is 2.25. The van der Waals surface area contributed by atoms with Crippen molar-refractivity contribution in [2.24, 2.45) is 0 Å². The first kappa shape index (κ1) is 36.1. The average molecular weight is 691 g/mol. The van der Waals surface area contributed by atoms with Crippen molar-refractivity contribution >= 4 is 82.5 Å². The highest BCUT2D eigenvalue weighted by atomic mass is 32.2. The van der Waals surface area contributed by atoms with Crippen LogP contribution in [0.3, 0.4) is 0 Å². The van der Waals surface area contributed by atoms with E-state index in [0.717, 1.165) is 28.4 Å². The Hall–Kier alpha value is -0.340. The molecule has 0 bridgehead atoms. The van der Waals surface area contributed by atoms with Gasteiger partial charge in [-0.2, -0.15) is 58.8 Å². The van der Waals surface area contributed by atoms with E-state index in [1.165, 1.54) is 40.9 Å². The predicted molar refractivity (Wildman–Crippen MR) is 187 cm³/mol. The molecule has 12 heteroatoms. The molecule has 2 aliphatic rings. The number of benzene rings is 1. The summed E-state index contributed by atoms with van der Waals surface area (Å²) in [5, 5.41) is 1.23. The fourth-order valence-corrected chi connectivity index (χ4v) is 12.3. The first-order chi connectivity index (χ1) is 20.5. The van der Waals surface area contributed by atoms with Gasteiger partial charge in [-0.15, -0.1) is 11.8 Å². The van der Waals surface area contributed by atoms with E-state index in [1.54, 1.807) is 11.8 Å². The lowest BCUT2D eigenvalue weighted by atomic mass is 10.1. The zero-order chi connectivity index (χ0) is 30.0. The maximum Gasteiger partial charge on any atom is 0.330 e. The van der Waals surface area contributed by atoms with Crippen molar-refractivity contribution in [1.29, 1.82) is 0 Å². The molecule has 0 saturated carbocycles. The Morgan fingerprint density at radius 1 is 0.905 bits per heavy atom. The minimum Gasteiger partial charge on any atom is -0.456 e. The molecule has 0 aliphatic carbocycles. The van der Waals surface area contributed by atoms with Gasteiger partial charge in [-0.1, -0.05) is 37.4 Å². The lowest BCUT2D eigenvalue weighted by Crippen LogP contribution is -2.30. The lowest BCUT2D eigenvalue weighted by Gasteiger charge is -2.27. The standard InChI is InChI=1S/C30H42O6S6/c1-4-28(31)35-22(3)30(42-21-27-19-38-11-13-41-27)34-15-24-8-6-23(7-9-24)14-33-16-25(36-29(32)5-2)17-39-20-26-18-37-10-12-40-26/h4-9,22,25-27,30H,1-2,10-21H2,3H3. The number of esters is 2. The number of carbonyl (C=O) groups is 2. The van der Waals surface area contributed by atoms with Gasteiger partial charge in [0.1, 0.15) is 17.6 Å². The Bertz CT molecular complexity index is 952. The van der Waals surface area contributed by atoms with E-state index in [2.05, 4.69) is 13.2 Å². The van der Waals surface area contributed by atoms with E-state index in [-0.39, 0.29) is 11.5 Å². The van der Waals surface area contributed by atoms with Gasteiger partial charge in [0.15, 0.2) is 0 Å². The topological polar surface area (TPSA) is 71.1 Å². The molecule has 5 unspecified atom stereocenters. The summed E-state index contributed by atoms with van der Waals surface area (Å²) in [5.41, 5.74) is 1.79. The normalized spacial score (nSPS) is 21.1. The monoisotopic (exact) mass is 690 g/mol. The zero-order valence-corrected chi connectivity index (χ0v) is 29.0. The van der Waals surface area contributed by atoms with Gasteiger partial charge in [0, 0.05) is 74.4 Å². The minimum absolute atomic E-state index is 0.270. The fourth-order valence-electron chi connectivity index (χ4n) is 3.95. The largest absolute Gasteiger partial charge is 0.456 e. The molecule has 6 nitrogen and oxygen atoms in total. The van der Waals surface area contributed by atoms with Crippen LogP contribution in [0, 0.1) is 0 Å². The van der Waals surface area contributed by atoms with Crippen molar-refractivity contribution in [2.45, 2.75) is 48.3 Å². The van der Waals surface area contributed by atoms with Crippen LogP contribution in [-0.4, -0.2) is 98.5 Å². The van der Waals surface area contributed by atoms with Gasteiger partial charge >= 0.3 is 11.9 Å². The Kier molecular flexibility index (Phi) is 18.4. The molecule has 1 aromatic carbocycles. The van der Waals surface area contributed by atoms with Crippen molar-refractivity contribution in [3.63, 3.8) is 0 Å². The smallest absolute Gasteiger partial charge is 0.330 e. The van der Waals surface area contributed by atoms with Crippen LogP contribution < -0.4 is 0 Å². The molecule has 2 fully saturated rings. The van der Waals surface area contributed by atoms with E-state index in [9.17, 15) is 9.59 Å². The Labute approximate surface area is 276 Å². The summed E-state index contributed by atoms with van der Waals surface area (Å²) in [5.74, 6) is 9.01. The third kappa shape index (κ3) is 14.6. The molecule has 1 aromatic rings. The van der Waals surface area contributed by atoms with E-state index in [0.29, 0.717) is 36.1 Å². The minimum atomic E-state index is -0.439. The molecule has 0 aromatic heterocycles. The van der Waals surface area contributed by atoms with Crippen molar-refractivity contribution in [1.82, 2.24) is 0 Å². The van der Waals surface area contributed by atoms with Gasteiger partial charge in [0.2, 0.25) is 0 Å². The van der Waals surface area contributed by atoms with Crippen LogP contribution in [0.1, 0.15) is 18.1 Å². The van der Waals surface area contributed by atoms with Crippen molar-refractivity contribution in [3.8, 4) is 0 Å².